The number of carbonyl (C=O) groups excluding carboxylic acids is 1. The summed E-state index contributed by atoms with van der Waals surface area (Å²) in [7, 11) is 0. The van der Waals surface area contributed by atoms with Crippen LogP contribution in [-0.4, -0.2) is 16.9 Å². The lowest BCUT2D eigenvalue weighted by atomic mass is 9.91. The molecule has 26 heavy (non-hydrogen) atoms. The summed E-state index contributed by atoms with van der Waals surface area (Å²) in [4.78, 5) is 19.1. The van der Waals surface area contributed by atoms with Crippen molar-refractivity contribution in [1.82, 2.24) is 4.98 Å². The quantitative estimate of drug-likeness (QED) is 0.751. The number of nitrogens with one attached hydrogen (secondary N) is 1. The summed E-state index contributed by atoms with van der Waals surface area (Å²) in [5, 5.41) is 3.62. The minimum atomic E-state index is -0.00351. The summed E-state index contributed by atoms with van der Waals surface area (Å²) in [5.41, 5.74) is 3.82. The maximum absolute atomic E-state index is 13.1. The van der Waals surface area contributed by atoms with Gasteiger partial charge in [0.05, 0.1) is 11.6 Å². The predicted molar refractivity (Wildman–Crippen MR) is 104 cm³/mol. The summed E-state index contributed by atoms with van der Waals surface area (Å²) in [6.07, 6.45) is 4.16. The lowest BCUT2D eigenvalue weighted by Gasteiger charge is -2.40. The topological polar surface area (TPSA) is 45.2 Å². The molecule has 2 atom stereocenters. The molecule has 0 radical (unpaired) electrons. The SMILES string of the molecule is C[C@@H]1CC(Nc2ccccc2)c2ccccc2N1C(=O)c1cccnc1. The molecule has 1 amide bonds. The third-order valence-electron chi connectivity index (χ3n) is 4.83. The zero-order valence-corrected chi connectivity index (χ0v) is 14.7. The lowest BCUT2D eigenvalue weighted by molar-refractivity contribution is 0.0974. The van der Waals surface area contributed by atoms with Crippen molar-refractivity contribution in [2.45, 2.75) is 25.4 Å². The van der Waals surface area contributed by atoms with E-state index in [9.17, 15) is 4.79 Å². The van der Waals surface area contributed by atoms with Crippen LogP contribution in [0.25, 0.3) is 0 Å². The highest BCUT2D eigenvalue weighted by Gasteiger charge is 2.34. The average Bonchev–Trinajstić information content (AvgIpc) is 2.69. The number of pyridine rings is 1. The van der Waals surface area contributed by atoms with E-state index in [-0.39, 0.29) is 18.0 Å². The Morgan fingerprint density at radius 1 is 1.04 bits per heavy atom. The Bertz CT molecular complexity index is 896. The molecule has 1 aliphatic rings. The van der Waals surface area contributed by atoms with Crippen LogP contribution in [0, 0.1) is 0 Å². The van der Waals surface area contributed by atoms with Gasteiger partial charge in [0.15, 0.2) is 0 Å². The van der Waals surface area contributed by atoms with Crippen LogP contribution in [-0.2, 0) is 0 Å². The van der Waals surface area contributed by atoms with Gasteiger partial charge in [0, 0.05) is 29.8 Å². The molecule has 3 aromatic rings. The number of para-hydroxylation sites is 2. The molecule has 4 nitrogen and oxygen atoms in total. The van der Waals surface area contributed by atoms with Crippen LogP contribution in [0.15, 0.2) is 79.1 Å². The summed E-state index contributed by atoms with van der Waals surface area (Å²) < 4.78 is 0. The highest BCUT2D eigenvalue weighted by molar-refractivity contribution is 6.07. The fraction of sp³-hybridized carbons (Fsp3) is 0.182. The van der Waals surface area contributed by atoms with Crippen molar-refractivity contribution in [1.29, 1.82) is 0 Å². The van der Waals surface area contributed by atoms with Gasteiger partial charge in [0.1, 0.15) is 0 Å². The lowest BCUT2D eigenvalue weighted by Crippen LogP contribution is -2.44. The van der Waals surface area contributed by atoms with Crippen LogP contribution < -0.4 is 10.2 Å². The van der Waals surface area contributed by atoms with Crippen LogP contribution in [0.5, 0.6) is 0 Å². The van der Waals surface area contributed by atoms with E-state index in [0.717, 1.165) is 23.4 Å². The molecule has 2 aromatic carbocycles. The van der Waals surface area contributed by atoms with E-state index in [1.165, 1.54) is 0 Å². The molecule has 1 N–H and O–H groups in total. The molecule has 0 aliphatic carbocycles. The molecule has 4 heteroatoms. The fourth-order valence-electron chi connectivity index (χ4n) is 3.62. The van der Waals surface area contributed by atoms with Crippen molar-refractivity contribution in [2.75, 3.05) is 10.2 Å². The minimum Gasteiger partial charge on any atom is -0.378 e. The van der Waals surface area contributed by atoms with E-state index in [0.29, 0.717) is 5.56 Å². The van der Waals surface area contributed by atoms with E-state index in [1.54, 1.807) is 18.5 Å². The Hall–Kier alpha value is -3.14. The Morgan fingerprint density at radius 2 is 1.81 bits per heavy atom. The van der Waals surface area contributed by atoms with Gasteiger partial charge in [-0.2, -0.15) is 0 Å². The number of aromatic nitrogens is 1. The number of amides is 1. The first-order chi connectivity index (χ1) is 12.7. The molecule has 0 saturated heterocycles. The number of carbonyl (C=O) groups is 1. The number of rotatable bonds is 3. The molecule has 1 aliphatic heterocycles. The van der Waals surface area contributed by atoms with Crippen LogP contribution in [0.2, 0.25) is 0 Å². The smallest absolute Gasteiger partial charge is 0.260 e. The number of anilines is 2. The third-order valence-corrected chi connectivity index (χ3v) is 4.83. The number of hydrogen-bond donors (Lipinski definition) is 1. The minimum absolute atomic E-state index is 0.00351. The van der Waals surface area contributed by atoms with Gasteiger partial charge >= 0.3 is 0 Å². The molecule has 1 unspecified atom stereocenters. The standard InChI is InChI=1S/C22H21N3O/c1-16-14-20(24-18-9-3-2-4-10-18)19-11-5-6-12-21(19)25(16)22(26)17-8-7-13-23-15-17/h2-13,15-16,20,24H,14H2,1H3/t16-,20?/m1/s1. The van der Waals surface area contributed by atoms with Gasteiger partial charge in [-0.25, -0.2) is 0 Å². The average molecular weight is 343 g/mol. The van der Waals surface area contributed by atoms with Crippen molar-refractivity contribution in [3.8, 4) is 0 Å². The van der Waals surface area contributed by atoms with Gasteiger partial charge in [-0.15, -0.1) is 0 Å². The number of fused-ring (bicyclic) bond motifs is 1. The van der Waals surface area contributed by atoms with Crippen LogP contribution >= 0.6 is 0 Å². The summed E-state index contributed by atoms with van der Waals surface area (Å²) in [6.45, 7) is 2.10. The normalized spacial score (nSPS) is 18.9. The molecule has 0 bridgehead atoms. The van der Waals surface area contributed by atoms with Gasteiger partial charge in [0.2, 0.25) is 0 Å². The largest absolute Gasteiger partial charge is 0.378 e. The number of nitrogens with zero attached hydrogens (tertiary/aromatic N) is 2. The van der Waals surface area contributed by atoms with Crippen LogP contribution in [0.3, 0.4) is 0 Å². The van der Waals surface area contributed by atoms with Gasteiger partial charge in [-0.05, 0) is 49.2 Å². The van der Waals surface area contributed by atoms with Gasteiger partial charge in [-0.3, -0.25) is 9.78 Å². The molecule has 0 saturated carbocycles. The van der Waals surface area contributed by atoms with Crippen molar-refractivity contribution < 1.29 is 4.79 Å². The highest BCUT2D eigenvalue weighted by Crippen LogP contribution is 2.39. The summed E-state index contributed by atoms with van der Waals surface area (Å²) >= 11 is 0. The Kier molecular flexibility index (Phi) is 4.40. The molecule has 0 fully saturated rings. The first-order valence-electron chi connectivity index (χ1n) is 8.88. The van der Waals surface area contributed by atoms with E-state index in [2.05, 4.69) is 35.4 Å². The van der Waals surface area contributed by atoms with E-state index < -0.39 is 0 Å². The summed E-state index contributed by atoms with van der Waals surface area (Å²) in [6, 6.07) is 22.2. The number of hydrogen-bond acceptors (Lipinski definition) is 3. The van der Waals surface area contributed by atoms with E-state index in [4.69, 9.17) is 0 Å². The highest BCUT2D eigenvalue weighted by atomic mass is 16.2. The third kappa shape index (κ3) is 3.06. The maximum atomic E-state index is 13.1. The zero-order valence-electron chi connectivity index (χ0n) is 14.7. The monoisotopic (exact) mass is 343 g/mol. The Morgan fingerprint density at radius 3 is 2.58 bits per heavy atom. The van der Waals surface area contributed by atoms with Gasteiger partial charge in [-0.1, -0.05) is 36.4 Å². The second kappa shape index (κ2) is 7.00. The van der Waals surface area contributed by atoms with Crippen molar-refractivity contribution in [2.24, 2.45) is 0 Å². The molecule has 0 spiro atoms. The van der Waals surface area contributed by atoms with Crippen molar-refractivity contribution >= 4 is 17.3 Å². The summed E-state index contributed by atoms with van der Waals surface area (Å²) in [5.74, 6) is -0.00351. The Labute approximate surface area is 153 Å². The molecular formula is C22H21N3O. The van der Waals surface area contributed by atoms with Crippen molar-refractivity contribution in [3.63, 3.8) is 0 Å². The van der Waals surface area contributed by atoms with Gasteiger partial charge in [0.25, 0.3) is 5.91 Å². The zero-order chi connectivity index (χ0) is 17.9. The molecule has 130 valence electrons. The van der Waals surface area contributed by atoms with Gasteiger partial charge < -0.3 is 10.2 Å². The molecule has 4 rings (SSSR count). The van der Waals surface area contributed by atoms with Crippen molar-refractivity contribution in [3.05, 3.63) is 90.3 Å². The maximum Gasteiger partial charge on any atom is 0.260 e. The molecule has 2 heterocycles. The van der Waals surface area contributed by atoms with E-state index in [1.807, 2.05) is 47.4 Å². The first kappa shape index (κ1) is 16.3. The fourth-order valence-corrected chi connectivity index (χ4v) is 3.62. The molecule has 1 aromatic heterocycles. The Balaban J connectivity index is 1.69. The van der Waals surface area contributed by atoms with E-state index >= 15 is 0 Å². The molecular weight excluding hydrogens is 322 g/mol. The predicted octanol–water partition coefficient (Wildman–Crippen LogP) is 4.67. The second-order valence-electron chi connectivity index (χ2n) is 6.62. The number of benzene rings is 2. The van der Waals surface area contributed by atoms with Crippen LogP contribution in [0.1, 0.15) is 35.3 Å². The van der Waals surface area contributed by atoms with Crippen LogP contribution in [0.4, 0.5) is 11.4 Å². The first-order valence-corrected chi connectivity index (χ1v) is 8.88. The second-order valence-corrected chi connectivity index (χ2v) is 6.62.